The molecule has 7 heteroatoms. The van der Waals surface area contributed by atoms with Crippen LogP contribution in [0.4, 0.5) is 4.39 Å². The summed E-state index contributed by atoms with van der Waals surface area (Å²) < 4.78 is 40.3. The van der Waals surface area contributed by atoms with Crippen molar-refractivity contribution in [2.45, 2.75) is 36.3 Å². The van der Waals surface area contributed by atoms with Gasteiger partial charge in [0.25, 0.3) is 0 Å². The van der Waals surface area contributed by atoms with Crippen LogP contribution in [0.5, 0.6) is 0 Å². The Labute approximate surface area is 132 Å². The fourth-order valence-electron chi connectivity index (χ4n) is 1.86. The highest BCUT2D eigenvalue weighted by Crippen LogP contribution is 2.30. The number of hydrogen-bond donors (Lipinski definition) is 1. The predicted octanol–water partition coefficient (Wildman–Crippen LogP) is 3.79. The molecule has 0 aliphatic carbocycles. The van der Waals surface area contributed by atoms with E-state index in [1.807, 2.05) is 20.1 Å². The van der Waals surface area contributed by atoms with Gasteiger partial charge in [-0.25, -0.2) is 17.5 Å². The number of hydrogen-bond acceptors (Lipinski definition) is 3. The lowest BCUT2D eigenvalue weighted by molar-refractivity contribution is 0.521. The summed E-state index contributed by atoms with van der Waals surface area (Å²) in [5, 5.41) is 0. The van der Waals surface area contributed by atoms with Crippen LogP contribution in [0.1, 0.15) is 26.7 Å². The smallest absolute Gasteiger partial charge is 0.210 e. The van der Waals surface area contributed by atoms with Crippen molar-refractivity contribution in [3.63, 3.8) is 0 Å². The van der Waals surface area contributed by atoms with E-state index in [0.29, 0.717) is 6.54 Å². The molecule has 1 aromatic carbocycles. The van der Waals surface area contributed by atoms with Gasteiger partial charge >= 0.3 is 0 Å². The summed E-state index contributed by atoms with van der Waals surface area (Å²) in [6, 6.07) is 3.55. The lowest BCUT2D eigenvalue weighted by atomic mass is 10.0. The van der Waals surface area contributed by atoms with Gasteiger partial charge in [0.1, 0.15) is 5.82 Å². The molecule has 0 fully saturated rings. The summed E-state index contributed by atoms with van der Waals surface area (Å²) in [6.45, 7) is 4.44. The molecule has 20 heavy (non-hydrogen) atoms. The quantitative estimate of drug-likeness (QED) is 0.778. The molecule has 0 aliphatic heterocycles. The van der Waals surface area contributed by atoms with E-state index in [0.717, 1.165) is 25.0 Å². The molecule has 0 aromatic heterocycles. The number of thioether (sulfide) groups is 1. The Morgan fingerprint density at radius 3 is 2.40 bits per heavy atom. The Morgan fingerprint density at radius 2 is 1.95 bits per heavy atom. The lowest BCUT2D eigenvalue weighted by Gasteiger charge is -2.29. The molecular formula is C13H19BrFNO2S2. The molecule has 0 saturated carbocycles. The molecular weight excluding hydrogens is 365 g/mol. The van der Waals surface area contributed by atoms with Crippen molar-refractivity contribution in [3.8, 4) is 0 Å². The Morgan fingerprint density at radius 1 is 1.35 bits per heavy atom. The summed E-state index contributed by atoms with van der Waals surface area (Å²) in [5.41, 5.74) is 0. The molecule has 0 aliphatic rings. The summed E-state index contributed by atoms with van der Waals surface area (Å²) in [5.74, 6) is -0.476. The molecule has 1 N–H and O–H groups in total. The van der Waals surface area contributed by atoms with Gasteiger partial charge in [0.15, 0.2) is 0 Å². The van der Waals surface area contributed by atoms with Crippen LogP contribution in [-0.2, 0) is 10.0 Å². The van der Waals surface area contributed by atoms with Gasteiger partial charge in [0, 0.05) is 15.8 Å². The third-order valence-electron chi connectivity index (χ3n) is 3.49. The Kier molecular flexibility index (Phi) is 6.50. The molecule has 114 valence electrons. The molecule has 0 radical (unpaired) electrons. The standard InChI is InChI=1S/C13H19BrFNO2S2/c1-4-13(5-2,19-3)9-16-20(17,18)12-7-6-10(15)8-11(12)14/h6-8,16H,4-5,9H2,1-3H3. The average molecular weight is 384 g/mol. The molecule has 0 heterocycles. The average Bonchev–Trinajstić information content (AvgIpc) is 2.40. The van der Waals surface area contributed by atoms with Crippen LogP contribution in [-0.4, -0.2) is 26.0 Å². The molecule has 1 rings (SSSR count). The third kappa shape index (κ3) is 4.19. The molecule has 0 amide bonds. The first-order valence-corrected chi connectivity index (χ1v) is 9.80. The van der Waals surface area contributed by atoms with Crippen LogP contribution in [0.2, 0.25) is 0 Å². The third-order valence-corrected chi connectivity index (χ3v) is 7.46. The number of nitrogens with one attached hydrogen (secondary N) is 1. The minimum absolute atomic E-state index is 0.0566. The van der Waals surface area contributed by atoms with Crippen molar-refractivity contribution in [2.75, 3.05) is 12.8 Å². The highest BCUT2D eigenvalue weighted by molar-refractivity contribution is 9.10. The van der Waals surface area contributed by atoms with Gasteiger partial charge in [-0.3, -0.25) is 0 Å². The number of rotatable bonds is 7. The van der Waals surface area contributed by atoms with E-state index < -0.39 is 15.8 Å². The van der Waals surface area contributed by atoms with E-state index in [2.05, 4.69) is 20.7 Å². The van der Waals surface area contributed by atoms with Crippen molar-refractivity contribution in [3.05, 3.63) is 28.5 Å². The SMILES string of the molecule is CCC(CC)(CNS(=O)(=O)c1ccc(F)cc1Br)SC. The van der Waals surface area contributed by atoms with Crippen LogP contribution in [0.15, 0.2) is 27.6 Å². The zero-order valence-corrected chi connectivity index (χ0v) is 15.0. The molecule has 0 saturated heterocycles. The molecule has 0 unspecified atom stereocenters. The second-order valence-corrected chi connectivity index (χ2v) is 8.36. The maximum atomic E-state index is 13.0. The van der Waals surface area contributed by atoms with E-state index >= 15 is 0 Å². The normalized spacial score (nSPS) is 12.7. The largest absolute Gasteiger partial charge is 0.241 e. The maximum Gasteiger partial charge on any atom is 0.241 e. The minimum Gasteiger partial charge on any atom is -0.210 e. The van der Waals surface area contributed by atoms with E-state index in [1.165, 1.54) is 6.07 Å². The molecule has 0 atom stereocenters. The molecule has 1 aromatic rings. The van der Waals surface area contributed by atoms with Gasteiger partial charge in [0.05, 0.1) is 4.90 Å². The van der Waals surface area contributed by atoms with Crippen molar-refractivity contribution >= 4 is 37.7 Å². The van der Waals surface area contributed by atoms with Crippen LogP contribution < -0.4 is 4.72 Å². The summed E-state index contributed by atoms with van der Waals surface area (Å²) >= 11 is 4.75. The first-order valence-electron chi connectivity index (χ1n) is 6.30. The van der Waals surface area contributed by atoms with Crippen molar-refractivity contribution in [2.24, 2.45) is 0 Å². The zero-order chi connectivity index (χ0) is 15.4. The number of sulfonamides is 1. The van der Waals surface area contributed by atoms with E-state index in [-0.39, 0.29) is 14.1 Å². The minimum atomic E-state index is -3.65. The first-order chi connectivity index (χ1) is 9.30. The number of halogens is 2. The maximum absolute atomic E-state index is 13.0. The van der Waals surface area contributed by atoms with Gasteiger partial charge in [-0.05, 0) is 53.2 Å². The molecule has 0 bridgehead atoms. The van der Waals surface area contributed by atoms with Gasteiger partial charge < -0.3 is 0 Å². The zero-order valence-electron chi connectivity index (χ0n) is 11.7. The van der Waals surface area contributed by atoms with E-state index in [1.54, 1.807) is 11.8 Å². The predicted molar refractivity (Wildman–Crippen MR) is 86.1 cm³/mol. The van der Waals surface area contributed by atoms with Crippen LogP contribution in [0, 0.1) is 5.82 Å². The van der Waals surface area contributed by atoms with E-state index in [4.69, 9.17) is 0 Å². The van der Waals surface area contributed by atoms with Crippen molar-refractivity contribution in [1.82, 2.24) is 4.72 Å². The Bertz CT molecular complexity index is 551. The van der Waals surface area contributed by atoms with Crippen molar-refractivity contribution in [1.29, 1.82) is 0 Å². The second-order valence-electron chi connectivity index (χ2n) is 4.49. The van der Waals surface area contributed by atoms with Crippen LogP contribution in [0.3, 0.4) is 0 Å². The monoisotopic (exact) mass is 383 g/mol. The Balaban J connectivity index is 2.96. The van der Waals surface area contributed by atoms with Gasteiger partial charge in [-0.1, -0.05) is 13.8 Å². The van der Waals surface area contributed by atoms with Crippen LogP contribution >= 0.6 is 27.7 Å². The first kappa shape index (κ1) is 17.9. The summed E-state index contributed by atoms with van der Waals surface area (Å²) in [6.07, 6.45) is 3.73. The van der Waals surface area contributed by atoms with Gasteiger partial charge in [-0.15, -0.1) is 0 Å². The van der Waals surface area contributed by atoms with Gasteiger partial charge in [-0.2, -0.15) is 11.8 Å². The van der Waals surface area contributed by atoms with Crippen molar-refractivity contribution < 1.29 is 12.8 Å². The fourth-order valence-corrected chi connectivity index (χ4v) is 4.92. The van der Waals surface area contributed by atoms with Gasteiger partial charge in [0.2, 0.25) is 10.0 Å². The van der Waals surface area contributed by atoms with Crippen LogP contribution in [0.25, 0.3) is 0 Å². The fraction of sp³-hybridized carbons (Fsp3) is 0.538. The summed E-state index contributed by atoms with van der Waals surface area (Å²) in [7, 11) is -3.65. The highest BCUT2D eigenvalue weighted by Gasteiger charge is 2.28. The summed E-state index contributed by atoms with van der Waals surface area (Å²) in [4.78, 5) is 0.0566. The molecule has 0 spiro atoms. The lowest BCUT2D eigenvalue weighted by Crippen LogP contribution is -2.39. The van der Waals surface area contributed by atoms with E-state index in [9.17, 15) is 12.8 Å². The second kappa shape index (κ2) is 7.24. The molecule has 3 nitrogen and oxygen atoms in total. The topological polar surface area (TPSA) is 46.2 Å². The Hall–Kier alpha value is -0.110. The highest BCUT2D eigenvalue weighted by atomic mass is 79.9. The number of benzene rings is 1.